The molecular formula is C14H14FN3O. The first-order chi connectivity index (χ1) is 9.15. The number of pyridine rings is 1. The van der Waals surface area contributed by atoms with Crippen LogP contribution >= 0.6 is 0 Å². The predicted molar refractivity (Wildman–Crippen MR) is 71.2 cm³/mol. The highest BCUT2D eigenvalue weighted by Crippen LogP contribution is 2.10. The molecule has 1 aromatic heterocycles. The van der Waals surface area contributed by atoms with E-state index in [1.54, 1.807) is 6.20 Å². The van der Waals surface area contributed by atoms with Crippen molar-refractivity contribution in [3.05, 3.63) is 60.2 Å². The van der Waals surface area contributed by atoms with Crippen LogP contribution in [0.4, 0.5) is 14.9 Å². The second-order valence-corrected chi connectivity index (χ2v) is 4.08. The summed E-state index contributed by atoms with van der Waals surface area (Å²) in [4.78, 5) is 15.9. The highest BCUT2D eigenvalue weighted by Gasteiger charge is 2.10. The van der Waals surface area contributed by atoms with Crippen LogP contribution < -0.4 is 10.6 Å². The summed E-state index contributed by atoms with van der Waals surface area (Å²) in [6.07, 6.45) is 1.67. The van der Waals surface area contributed by atoms with Crippen molar-refractivity contribution in [1.29, 1.82) is 0 Å². The number of carbonyl (C=O) groups is 1. The van der Waals surface area contributed by atoms with Gasteiger partial charge in [-0.15, -0.1) is 0 Å². The summed E-state index contributed by atoms with van der Waals surface area (Å²) in [6, 6.07) is 10.5. The van der Waals surface area contributed by atoms with Crippen LogP contribution in [-0.2, 0) is 0 Å². The number of rotatable bonds is 3. The Labute approximate surface area is 110 Å². The fourth-order valence-electron chi connectivity index (χ4n) is 1.60. The van der Waals surface area contributed by atoms with Gasteiger partial charge in [0.1, 0.15) is 5.82 Å². The third-order valence-corrected chi connectivity index (χ3v) is 2.58. The monoisotopic (exact) mass is 259 g/mol. The second-order valence-electron chi connectivity index (χ2n) is 4.08. The van der Waals surface area contributed by atoms with Gasteiger partial charge in [0.2, 0.25) is 0 Å². The second kappa shape index (κ2) is 5.95. The molecule has 0 saturated carbocycles. The molecule has 1 atom stereocenters. The van der Waals surface area contributed by atoms with Crippen LogP contribution in [-0.4, -0.2) is 11.0 Å². The fraction of sp³-hybridized carbons (Fsp3) is 0.143. The third-order valence-electron chi connectivity index (χ3n) is 2.58. The molecular weight excluding hydrogens is 245 g/mol. The summed E-state index contributed by atoms with van der Waals surface area (Å²) in [5.41, 5.74) is 1.31. The minimum atomic E-state index is -0.357. The van der Waals surface area contributed by atoms with E-state index in [9.17, 15) is 9.18 Å². The SMILES string of the molecule is C[C@@H](NC(=O)Nc1ccc(F)cc1)c1ccccn1. The number of aromatic nitrogens is 1. The molecule has 2 rings (SSSR count). The smallest absolute Gasteiger partial charge is 0.319 e. The highest BCUT2D eigenvalue weighted by atomic mass is 19.1. The number of hydrogen-bond donors (Lipinski definition) is 2. The molecule has 0 aliphatic carbocycles. The number of anilines is 1. The maximum atomic E-state index is 12.7. The van der Waals surface area contributed by atoms with Crippen molar-refractivity contribution >= 4 is 11.7 Å². The predicted octanol–water partition coefficient (Wildman–Crippen LogP) is 3.10. The number of carbonyl (C=O) groups excluding carboxylic acids is 1. The number of nitrogens with one attached hydrogen (secondary N) is 2. The first kappa shape index (κ1) is 13.0. The summed E-state index contributed by atoms with van der Waals surface area (Å²) >= 11 is 0. The lowest BCUT2D eigenvalue weighted by Gasteiger charge is -2.14. The van der Waals surface area contributed by atoms with Gasteiger partial charge >= 0.3 is 6.03 Å². The zero-order chi connectivity index (χ0) is 13.7. The summed E-state index contributed by atoms with van der Waals surface area (Å²) < 4.78 is 12.7. The number of urea groups is 1. The van der Waals surface area contributed by atoms with Crippen molar-refractivity contribution in [2.24, 2.45) is 0 Å². The van der Waals surface area contributed by atoms with Crippen LogP contribution in [0.15, 0.2) is 48.7 Å². The molecule has 0 aliphatic heterocycles. The molecule has 0 fully saturated rings. The molecule has 1 aromatic carbocycles. The molecule has 19 heavy (non-hydrogen) atoms. The highest BCUT2D eigenvalue weighted by molar-refractivity contribution is 5.89. The molecule has 2 aromatic rings. The summed E-state index contributed by atoms with van der Waals surface area (Å²) in [7, 11) is 0. The van der Waals surface area contributed by atoms with Crippen molar-refractivity contribution in [3.63, 3.8) is 0 Å². The molecule has 5 heteroatoms. The number of hydrogen-bond acceptors (Lipinski definition) is 2. The van der Waals surface area contributed by atoms with Crippen LogP contribution in [0.25, 0.3) is 0 Å². The van der Waals surface area contributed by atoms with Gasteiger partial charge in [-0.1, -0.05) is 6.07 Å². The zero-order valence-corrected chi connectivity index (χ0v) is 10.4. The summed E-state index contributed by atoms with van der Waals surface area (Å²) in [5, 5.41) is 5.38. The van der Waals surface area contributed by atoms with Gasteiger partial charge in [-0.05, 0) is 43.3 Å². The van der Waals surface area contributed by atoms with E-state index in [-0.39, 0.29) is 17.9 Å². The molecule has 98 valence electrons. The van der Waals surface area contributed by atoms with Crippen LogP contribution in [0.1, 0.15) is 18.7 Å². The van der Waals surface area contributed by atoms with Crippen molar-refractivity contribution in [2.75, 3.05) is 5.32 Å². The van der Waals surface area contributed by atoms with Gasteiger partial charge in [-0.3, -0.25) is 4.98 Å². The van der Waals surface area contributed by atoms with Gasteiger partial charge in [0.05, 0.1) is 11.7 Å². The Bertz CT molecular complexity index is 542. The fourth-order valence-corrected chi connectivity index (χ4v) is 1.60. The first-order valence-corrected chi connectivity index (χ1v) is 5.89. The van der Waals surface area contributed by atoms with E-state index in [0.29, 0.717) is 5.69 Å². The Morgan fingerprint density at radius 2 is 1.95 bits per heavy atom. The lowest BCUT2D eigenvalue weighted by molar-refractivity contribution is 0.249. The molecule has 0 unspecified atom stereocenters. The molecule has 1 heterocycles. The Morgan fingerprint density at radius 1 is 1.21 bits per heavy atom. The minimum absolute atomic E-state index is 0.207. The number of benzene rings is 1. The quantitative estimate of drug-likeness (QED) is 0.889. The van der Waals surface area contributed by atoms with E-state index in [4.69, 9.17) is 0 Å². The lowest BCUT2D eigenvalue weighted by atomic mass is 10.2. The zero-order valence-electron chi connectivity index (χ0n) is 10.4. The van der Waals surface area contributed by atoms with Crippen molar-refractivity contribution < 1.29 is 9.18 Å². The molecule has 0 saturated heterocycles. The van der Waals surface area contributed by atoms with Crippen LogP contribution in [0.2, 0.25) is 0 Å². The maximum Gasteiger partial charge on any atom is 0.319 e. The minimum Gasteiger partial charge on any atom is -0.330 e. The van der Waals surface area contributed by atoms with Crippen LogP contribution in [0.5, 0.6) is 0 Å². The Kier molecular flexibility index (Phi) is 4.07. The molecule has 0 aliphatic rings. The number of amides is 2. The molecule has 0 radical (unpaired) electrons. The summed E-state index contributed by atoms with van der Waals surface area (Å²) in [5.74, 6) is -0.340. The largest absolute Gasteiger partial charge is 0.330 e. The number of halogens is 1. The molecule has 0 spiro atoms. The first-order valence-electron chi connectivity index (χ1n) is 5.89. The normalized spacial score (nSPS) is 11.7. The topological polar surface area (TPSA) is 54.0 Å². The lowest BCUT2D eigenvalue weighted by Crippen LogP contribution is -2.31. The van der Waals surface area contributed by atoms with Crippen LogP contribution in [0.3, 0.4) is 0 Å². The third kappa shape index (κ3) is 3.77. The Hall–Kier alpha value is -2.43. The summed E-state index contributed by atoms with van der Waals surface area (Å²) in [6.45, 7) is 1.84. The van der Waals surface area contributed by atoms with E-state index in [1.807, 2.05) is 25.1 Å². The van der Waals surface area contributed by atoms with Gasteiger partial charge in [0.25, 0.3) is 0 Å². The Balaban J connectivity index is 1.93. The van der Waals surface area contributed by atoms with E-state index in [2.05, 4.69) is 15.6 Å². The van der Waals surface area contributed by atoms with Gasteiger partial charge in [0, 0.05) is 11.9 Å². The van der Waals surface area contributed by atoms with E-state index in [0.717, 1.165) is 5.69 Å². The molecule has 2 N–H and O–H groups in total. The van der Waals surface area contributed by atoms with Crippen molar-refractivity contribution in [3.8, 4) is 0 Å². The standard InChI is InChI=1S/C14H14FN3O/c1-10(13-4-2-3-9-16-13)17-14(19)18-12-7-5-11(15)6-8-12/h2-10H,1H3,(H2,17,18,19)/t10-/m1/s1. The van der Waals surface area contributed by atoms with Gasteiger partial charge in [-0.25, -0.2) is 9.18 Å². The van der Waals surface area contributed by atoms with Gasteiger partial charge in [-0.2, -0.15) is 0 Å². The van der Waals surface area contributed by atoms with Crippen LogP contribution in [0, 0.1) is 5.82 Å². The van der Waals surface area contributed by atoms with Crippen molar-refractivity contribution in [2.45, 2.75) is 13.0 Å². The molecule has 2 amide bonds. The average Bonchev–Trinajstić information content (AvgIpc) is 2.42. The van der Waals surface area contributed by atoms with E-state index in [1.165, 1.54) is 24.3 Å². The van der Waals surface area contributed by atoms with E-state index >= 15 is 0 Å². The van der Waals surface area contributed by atoms with Gasteiger partial charge in [0.15, 0.2) is 0 Å². The number of nitrogens with zero attached hydrogens (tertiary/aromatic N) is 1. The van der Waals surface area contributed by atoms with E-state index < -0.39 is 0 Å². The average molecular weight is 259 g/mol. The maximum absolute atomic E-state index is 12.7. The molecule has 4 nitrogen and oxygen atoms in total. The van der Waals surface area contributed by atoms with Crippen molar-refractivity contribution in [1.82, 2.24) is 10.3 Å². The Morgan fingerprint density at radius 3 is 2.58 bits per heavy atom. The van der Waals surface area contributed by atoms with Gasteiger partial charge < -0.3 is 10.6 Å². The molecule has 0 bridgehead atoms.